The number of hydrogen-bond acceptors (Lipinski definition) is 2. The molecule has 0 atom stereocenters. The van der Waals surface area contributed by atoms with E-state index in [-0.39, 0.29) is 30.6 Å². The molecule has 2 aromatic rings. The second-order valence-electron chi connectivity index (χ2n) is 5.48. The molecule has 2 rings (SSSR count). The molecule has 2 aromatic carbocycles. The largest absolute Gasteiger partial charge is 0.347 e. The summed E-state index contributed by atoms with van der Waals surface area (Å²) < 4.78 is 13.1. The van der Waals surface area contributed by atoms with Gasteiger partial charge in [0.25, 0.3) is 0 Å². The maximum atomic E-state index is 13.1. The maximum Gasteiger partial charge on any atom is 0.242 e. The Morgan fingerprint density at radius 3 is 2.42 bits per heavy atom. The molecular formula is C19H21FN2O2. The molecule has 0 saturated carbocycles. The average Bonchev–Trinajstić information content (AvgIpc) is 2.58. The van der Waals surface area contributed by atoms with Gasteiger partial charge in [0.05, 0.1) is 13.0 Å². The van der Waals surface area contributed by atoms with Gasteiger partial charge in [-0.15, -0.1) is 0 Å². The highest BCUT2D eigenvalue weighted by molar-refractivity contribution is 5.85. The molecule has 0 aliphatic carbocycles. The quantitative estimate of drug-likeness (QED) is 0.849. The lowest BCUT2D eigenvalue weighted by Crippen LogP contribution is -2.40. The zero-order valence-electron chi connectivity index (χ0n) is 13.7. The highest BCUT2D eigenvalue weighted by atomic mass is 19.1. The van der Waals surface area contributed by atoms with E-state index < -0.39 is 0 Å². The summed E-state index contributed by atoms with van der Waals surface area (Å²) in [6.45, 7) is 2.91. The predicted molar refractivity (Wildman–Crippen MR) is 90.6 cm³/mol. The number of carbonyl (C=O) groups excluding carboxylic acids is 2. The Labute approximate surface area is 141 Å². The van der Waals surface area contributed by atoms with Gasteiger partial charge in [-0.2, -0.15) is 0 Å². The first-order valence-corrected chi connectivity index (χ1v) is 7.91. The Morgan fingerprint density at radius 1 is 1.04 bits per heavy atom. The Balaban J connectivity index is 1.83. The van der Waals surface area contributed by atoms with Crippen LogP contribution in [0, 0.1) is 5.82 Å². The van der Waals surface area contributed by atoms with Gasteiger partial charge in [0.1, 0.15) is 5.82 Å². The van der Waals surface area contributed by atoms with Crippen LogP contribution in [-0.4, -0.2) is 29.8 Å². The van der Waals surface area contributed by atoms with E-state index in [1.807, 2.05) is 37.3 Å². The minimum absolute atomic E-state index is 0.0514. The monoisotopic (exact) mass is 328 g/mol. The standard InChI is InChI=1S/C19H21FN2O2/c1-2-22(14-15-7-4-3-5-8-15)19(24)13-21-18(23)12-16-9-6-10-17(20)11-16/h3-11H,2,12-14H2,1H3,(H,21,23). The molecule has 5 heteroatoms. The number of nitrogens with zero attached hydrogens (tertiary/aromatic N) is 1. The first-order chi connectivity index (χ1) is 11.6. The van der Waals surface area contributed by atoms with Crippen LogP contribution in [0.15, 0.2) is 54.6 Å². The number of benzene rings is 2. The molecule has 126 valence electrons. The maximum absolute atomic E-state index is 13.1. The van der Waals surface area contributed by atoms with Gasteiger partial charge >= 0.3 is 0 Å². The van der Waals surface area contributed by atoms with E-state index >= 15 is 0 Å². The molecule has 24 heavy (non-hydrogen) atoms. The van der Waals surface area contributed by atoms with Crippen molar-refractivity contribution >= 4 is 11.8 Å². The predicted octanol–water partition coefficient (Wildman–Crippen LogP) is 2.53. The molecule has 0 aliphatic rings. The highest BCUT2D eigenvalue weighted by Gasteiger charge is 2.13. The van der Waals surface area contributed by atoms with Crippen LogP contribution in [0.25, 0.3) is 0 Å². The lowest BCUT2D eigenvalue weighted by atomic mass is 10.1. The van der Waals surface area contributed by atoms with Crippen molar-refractivity contribution < 1.29 is 14.0 Å². The van der Waals surface area contributed by atoms with Crippen molar-refractivity contribution in [3.8, 4) is 0 Å². The number of halogens is 1. The van der Waals surface area contributed by atoms with E-state index in [0.717, 1.165) is 5.56 Å². The summed E-state index contributed by atoms with van der Waals surface area (Å²) in [5, 5.41) is 2.60. The normalized spacial score (nSPS) is 10.2. The molecule has 0 heterocycles. The molecule has 0 radical (unpaired) electrons. The third kappa shape index (κ3) is 5.50. The van der Waals surface area contributed by atoms with Crippen LogP contribution in [-0.2, 0) is 22.6 Å². The molecule has 2 amide bonds. The van der Waals surface area contributed by atoms with Crippen molar-refractivity contribution in [3.05, 3.63) is 71.5 Å². The summed E-state index contributed by atoms with van der Waals surface area (Å²) in [4.78, 5) is 25.8. The minimum atomic E-state index is -0.378. The van der Waals surface area contributed by atoms with Gasteiger partial charge < -0.3 is 10.2 Å². The van der Waals surface area contributed by atoms with E-state index in [9.17, 15) is 14.0 Å². The molecule has 0 fully saturated rings. The third-order valence-corrected chi connectivity index (χ3v) is 3.64. The van der Waals surface area contributed by atoms with Gasteiger partial charge in [-0.25, -0.2) is 4.39 Å². The fourth-order valence-corrected chi connectivity index (χ4v) is 2.36. The summed E-state index contributed by atoms with van der Waals surface area (Å²) in [7, 11) is 0. The zero-order valence-corrected chi connectivity index (χ0v) is 13.7. The van der Waals surface area contributed by atoms with E-state index in [2.05, 4.69) is 5.32 Å². The van der Waals surface area contributed by atoms with Gasteiger partial charge in [0.2, 0.25) is 11.8 Å². The number of hydrogen-bond donors (Lipinski definition) is 1. The highest BCUT2D eigenvalue weighted by Crippen LogP contribution is 2.05. The molecule has 0 aliphatic heterocycles. The number of amides is 2. The summed E-state index contributed by atoms with van der Waals surface area (Å²) >= 11 is 0. The Kier molecular flexibility index (Phi) is 6.49. The van der Waals surface area contributed by atoms with Crippen molar-refractivity contribution in [1.29, 1.82) is 0 Å². The number of rotatable bonds is 7. The Bertz CT molecular complexity index is 689. The smallest absolute Gasteiger partial charge is 0.242 e. The van der Waals surface area contributed by atoms with Crippen molar-refractivity contribution in [2.45, 2.75) is 19.9 Å². The summed E-state index contributed by atoms with van der Waals surface area (Å²) in [6, 6.07) is 15.6. The molecule has 0 spiro atoms. The summed E-state index contributed by atoms with van der Waals surface area (Å²) in [6.07, 6.45) is 0.0514. The molecular weight excluding hydrogens is 307 g/mol. The van der Waals surface area contributed by atoms with Crippen LogP contribution in [0.2, 0.25) is 0 Å². The van der Waals surface area contributed by atoms with Crippen LogP contribution in [0.3, 0.4) is 0 Å². The molecule has 0 aromatic heterocycles. The first kappa shape index (κ1) is 17.7. The van der Waals surface area contributed by atoms with Crippen LogP contribution in [0.4, 0.5) is 4.39 Å². The molecule has 0 bridgehead atoms. The Morgan fingerprint density at radius 2 is 1.75 bits per heavy atom. The van der Waals surface area contributed by atoms with Crippen LogP contribution >= 0.6 is 0 Å². The third-order valence-electron chi connectivity index (χ3n) is 3.64. The summed E-state index contributed by atoms with van der Waals surface area (Å²) in [5.41, 5.74) is 1.62. The zero-order chi connectivity index (χ0) is 17.4. The first-order valence-electron chi connectivity index (χ1n) is 7.91. The van der Waals surface area contributed by atoms with Crippen molar-refractivity contribution in [3.63, 3.8) is 0 Å². The van der Waals surface area contributed by atoms with Crippen molar-refractivity contribution in [1.82, 2.24) is 10.2 Å². The fraction of sp³-hybridized carbons (Fsp3) is 0.263. The lowest BCUT2D eigenvalue weighted by molar-refractivity contribution is -0.133. The summed E-state index contributed by atoms with van der Waals surface area (Å²) in [5.74, 6) is -0.824. The number of carbonyl (C=O) groups is 2. The minimum Gasteiger partial charge on any atom is -0.347 e. The van der Waals surface area contributed by atoms with Gasteiger partial charge in [-0.05, 0) is 30.2 Å². The molecule has 0 unspecified atom stereocenters. The van der Waals surface area contributed by atoms with Gasteiger partial charge in [0.15, 0.2) is 0 Å². The topological polar surface area (TPSA) is 49.4 Å². The SMILES string of the molecule is CCN(Cc1ccccc1)C(=O)CNC(=O)Cc1cccc(F)c1. The number of likely N-dealkylation sites (N-methyl/N-ethyl adjacent to an activating group) is 1. The lowest BCUT2D eigenvalue weighted by Gasteiger charge is -2.21. The average molecular weight is 328 g/mol. The van der Waals surface area contributed by atoms with Crippen molar-refractivity contribution in [2.24, 2.45) is 0 Å². The van der Waals surface area contributed by atoms with Crippen LogP contribution in [0.5, 0.6) is 0 Å². The molecule has 0 saturated heterocycles. The second kappa shape index (κ2) is 8.82. The van der Waals surface area contributed by atoms with Gasteiger partial charge in [0, 0.05) is 13.1 Å². The van der Waals surface area contributed by atoms with E-state index in [0.29, 0.717) is 18.7 Å². The molecule has 1 N–H and O–H groups in total. The number of nitrogens with one attached hydrogen (secondary N) is 1. The Hall–Kier alpha value is -2.69. The van der Waals surface area contributed by atoms with E-state index in [4.69, 9.17) is 0 Å². The van der Waals surface area contributed by atoms with Gasteiger partial charge in [-0.1, -0.05) is 42.5 Å². The van der Waals surface area contributed by atoms with Crippen LogP contribution in [0.1, 0.15) is 18.1 Å². The van der Waals surface area contributed by atoms with Gasteiger partial charge in [-0.3, -0.25) is 9.59 Å². The fourth-order valence-electron chi connectivity index (χ4n) is 2.36. The second-order valence-corrected chi connectivity index (χ2v) is 5.48. The van der Waals surface area contributed by atoms with E-state index in [1.165, 1.54) is 12.1 Å². The van der Waals surface area contributed by atoms with E-state index in [1.54, 1.807) is 17.0 Å². The van der Waals surface area contributed by atoms with Crippen LogP contribution < -0.4 is 5.32 Å². The molecule has 4 nitrogen and oxygen atoms in total. The van der Waals surface area contributed by atoms with Crippen molar-refractivity contribution in [2.75, 3.05) is 13.1 Å².